The molecule has 1 unspecified atom stereocenters. The molecule has 2 saturated carbocycles. The van der Waals surface area contributed by atoms with Gasteiger partial charge in [0.25, 0.3) is 0 Å². The number of hydrogen-bond donors (Lipinski definition) is 2. The lowest BCUT2D eigenvalue weighted by atomic mass is 9.77. The van der Waals surface area contributed by atoms with E-state index in [1.54, 1.807) is 14.2 Å². The van der Waals surface area contributed by atoms with E-state index in [1.165, 1.54) is 0 Å². The Bertz CT molecular complexity index is 272. The normalized spacial score (nSPS) is 31.3. The minimum atomic E-state index is -0.889. The van der Waals surface area contributed by atoms with Crippen LogP contribution in [0.25, 0.3) is 0 Å². The molecule has 0 aliphatic heterocycles. The van der Waals surface area contributed by atoms with Crippen molar-refractivity contribution in [1.82, 2.24) is 5.32 Å². The zero-order valence-electron chi connectivity index (χ0n) is 10.4. The maximum absolute atomic E-state index is 11.0. The van der Waals surface area contributed by atoms with E-state index in [-0.39, 0.29) is 5.41 Å². The smallest absolute Gasteiger partial charge is 0.326 e. The topological polar surface area (TPSA) is 75.6 Å². The second-order valence-corrected chi connectivity index (χ2v) is 4.97. The van der Waals surface area contributed by atoms with Crippen LogP contribution in [0.1, 0.15) is 32.1 Å². The molecule has 17 heavy (non-hydrogen) atoms. The molecule has 0 radical (unpaired) electrons. The van der Waals surface area contributed by atoms with Gasteiger partial charge in [0.2, 0.25) is 6.41 Å². The van der Waals surface area contributed by atoms with Crippen molar-refractivity contribution in [3.8, 4) is 0 Å². The second kappa shape index (κ2) is 6.00. The Morgan fingerprint density at radius 3 is 2.29 bits per heavy atom. The van der Waals surface area contributed by atoms with Gasteiger partial charge >= 0.3 is 5.97 Å². The van der Waals surface area contributed by atoms with Crippen LogP contribution < -0.4 is 5.32 Å². The molecule has 0 aromatic rings. The van der Waals surface area contributed by atoms with Crippen molar-refractivity contribution in [3.05, 3.63) is 0 Å². The van der Waals surface area contributed by atoms with Crippen LogP contribution in [0.2, 0.25) is 0 Å². The van der Waals surface area contributed by atoms with Crippen molar-refractivity contribution in [1.29, 1.82) is 0 Å². The van der Waals surface area contributed by atoms with Crippen LogP contribution in [0.4, 0.5) is 0 Å². The summed E-state index contributed by atoms with van der Waals surface area (Å²) in [6, 6.07) is -0.674. The number of carboxylic acids is 1. The van der Waals surface area contributed by atoms with Gasteiger partial charge in [-0.2, -0.15) is 0 Å². The summed E-state index contributed by atoms with van der Waals surface area (Å²) in [6.45, 7) is 0. The molecule has 98 valence electrons. The third-order valence-corrected chi connectivity index (χ3v) is 3.89. The number of rotatable bonds is 4. The molecule has 2 N–H and O–H groups in total. The number of carbonyl (C=O) groups is 2. The molecule has 2 fully saturated rings. The van der Waals surface area contributed by atoms with Crippen molar-refractivity contribution < 1.29 is 19.4 Å². The first-order valence-electron chi connectivity index (χ1n) is 5.92. The summed E-state index contributed by atoms with van der Waals surface area (Å²) in [4.78, 5) is 21.4. The van der Waals surface area contributed by atoms with E-state index in [0.29, 0.717) is 12.3 Å². The molecule has 5 nitrogen and oxygen atoms in total. The molecule has 1 amide bonds. The SMILES string of the molecule is COC.O=CNC(C(=O)O)C12CCC(CC1)C2. The quantitative estimate of drug-likeness (QED) is 0.723. The third kappa shape index (κ3) is 2.97. The van der Waals surface area contributed by atoms with Crippen LogP contribution >= 0.6 is 0 Å². The molecular formula is C12H21NO4. The lowest BCUT2D eigenvalue weighted by Crippen LogP contribution is -2.48. The van der Waals surface area contributed by atoms with Crippen molar-refractivity contribution >= 4 is 12.4 Å². The molecule has 2 aliphatic rings. The third-order valence-electron chi connectivity index (χ3n) is 3.89. The van der Waals surface area contributed by atoms with E-state index in [1.807, 2.05) is 0 Å². The van der Waals surface area contributed by atoms with Gasteiger partial charge in [0.1, 0.15) is 6.04 Å². The molecule has 2 aliphatic carbocycles. The molecular weight excluding hydrogens is 222 g/mol. The molecule has 0 saturated heterocycles. The van der Waals surface area contributed by atoms with Gasteiger partial charge in [-0.05, 0) is 38.0 Å². The fourth-order valence-corrected chi connectivity index (χ4v) is 3.22. The van der Waals surface area contributed by atoms with Gasteiger partial charge < -0.3 is 15.2 Å². The van der Waals surface area contributed by atoms with Crippen molar-refractivity contribution in [2.45, 2.75) is 38.1 Å². The molecule has 0 aromatic heterocycles. The standard InChI is InChI=1S/C10H15NO3.C2H6O/c12-6-11-8(9(13)14)10-3-1-7(5-10)2-4-10;1-3-2/h6-8H,1-5H2,(H,11,12)(H,13,14);1-2H3. The minimum absolute atomic E-state index is 0.141. The number of aliphatic carboxylic acids is 1. The molecule has 0 spiro atoms. The average Bonchev–Trinajstić information content (AvgIpc) is 2.87. The van der Waals surface area contributed by atoms with Gasteiger partial charge in [0, 0.05) is 19.6 Å². The number of amides is 1. The van der Waals surface area contributed by atoms with Gasteiger partial charge in [-0.15, -0.1) is 0 Å². The number of hydrogen-bond acceptors (Lipinski definition) is 3. The molecule has 0 aromatic carbocycles. The van der Waals surface area contributed by atoms with Crippen molar-refractivity contribution in [2.75, 3.05) is 14.2 Å². The van der Waals surface area contributed by atoms with Gasteiger partial charge in [-0.3, -0.25) is 4.79 Å². The van der Waals surface area contributed by atoms with Crippen LogP contribution in [0.5, 0.6) is 0 Å². The van der Waals surface area contributed by atoms with Gasteiger partial charge in [0.15, 0.2) is 0 Å². The van der Waals surface area contributed by atoms with Crippen molar-refractivity contribution in [2.24, 2.45) is 11.3 Å². The minimum Gasteiger partial charge on any atom is -0.480 e. The van der Waals surface area contributed by atoms with Gasteiger partial charge in [-0.1, -0.05) is 0 Å². The highest BCUT2D eigenvalue weighted by Gasteiger charge is 2.52. The molecule has 2 bridgehead atoms. The monoisotopic (exact) mass is 243 g/mol. The van der Waals surface area contributed by atoms with Crippen molar-refractivity contribution in [3.63, 3.8) is 0 Å². The molecule has 5 heteroatoms. The number of carboxylic acid groups (broad SMARTS) is 1. The Balaban J connectivity index is 0.000000437. The second-order valence-electron chi connectivity index (χ2n) is 4.97. The lowest BCUT2D eigenvalue weighted by Gasteiger charge is -2.32. The Labute approximate surface area is 102 Å². The maximum atomic E-state index is 11.0. The summed E-state index contributed by atoms with van der Waals surface area (Å²) < 4.78 is 4.25. The van der Waals surface area contributed by atoms with Crippen LogP contribution in [0.3, 0.4) is 0 Å². The first-order valence-corrected chi connectivity index (χ1v) is 5.92. The van der Waals surface area contributed by atoms with E-state index in [0.717, 1.165) is 32.1 Å². The summed E-state index contributed by atoms with van der Waals surface area (Å²) in [5.41, 5.74) is -0.141. The summed E-state index contributed by atoms with van der Waals surface area (Å²) in [6.07, 6.45) is 5.66. The Hall–Kier alpha value is -1.10. The zero-order chi connectivity index (χ0) is 12.9. The maximum Gasteiger partial charge on any atom is 0.326 e. The molecule has 0 heterocycles. The van der Waals surface area contributed by atoms with Gasteiger partial charge in [0.05, 0.1) is 0 Å². The molecule has 1 atom stereocenters. The summed E-state index contributed by atoms with van der Waals surface area (Å²) in [5, 5.41) is 11.5. The predicted molar refractivity (Wildman–Crippen MR) is 62.6 cm³/mol. The van der Waals surface area contributed by atoms with Crippen LogP contribution in [-0.4, -0.2) is 37.7 Å². The van der Waals surface area contributed by atoms with E-state index in [2.05, 4.69) is 10.1 Å². The van der Waals surface area contributed by atoms with Crippen LogP contribution in [0.15, 0.2) is 0 Å². The first kappa shape index (κ1) is 14.0. The van der Waals surface area contributed by atoms with Crippen LogP contribution in [0, 0.1) is 11.3 Å². The number of methoxy groups -OCH3 is 1. The van der Waals surface area contributed by atoms with E-state index in [4.69, 9.17) is 5.11 Å². The zero-order valence-corrected chi connectivity index (χ0v) is 10.4. The Kier molecular flexibility index (Phi) is 4.93. The summed E-state index contributed by atoms with van der Waals surface area (Å²) >= 11 is 0. The first-order chi connectivity index (χ1) is 8.09. The largest absolute Gasteiger partial charge is 0.480 e. The highest BCUT2D eigenvalue weighted by molar-refractivity contribution is 5.77. The average molecular weight is 243 g/mol. The number of carbonyl (C=O) groups excluding carboxylic acids is 1. The summed E-state index contributed by atoms with van der Waals surface area (Å²) in [5.74, 6) is -0.190. The molecule has 2 rings (SSSR count). The predicted octanol–water partition coefficient (Wildman–Crippen LogP) is 1.03. The Morgan fingerprint density at radius 1 is 1.47 bits per heavy atom. The number of nitrogens with one attached hydrogen (secondary N) is 1. The van der Waals surface area contributed by atoms with E-state index >= 15 is 0 Å². The fourth-order valence-electron chi connectivity index (χ4n) is 3.22. The number of fused-ring (bicyclic) bond motifs is 2. The van der Waals surface area contributed by atoms with Crippen LogP contribution in [-0.2, 0) is 14.3 Å². The fraction of sp³-hybridized carbons (Fsp3) is 0.833. The van der Waals surface area contributed by atoms with Gasteiger partial charge in [-0.25, -0.2) is 4.79 Å². The number of ether oxygens (including phenoxy) is 1. The van der Waals surface area contributed by atoms with E-state index < -0.39 is 12.0 Å². The highest BCUT2D eigenvalue weighted by atomic mass is 16.4. The summed E-state index contributed by atoms with van der Waals surface area (Å²) in [7, 11) is 3.25. The lowest BCUT2D eigenvalue weighted by molar-refractivity contribution is -0.144. The van der Waals surface area contributed by atoms with E-state index in [9.17, 15) is 9.59 Å². The highest BCUT2D eigenvalue weighted by Crippen LogP contribution is 2.55. The Morgan fingerprint density at radius 2 is 2.00 bits per heavy atom.